The molecule has 3 rings (SSSR count). The molecule has 25 heavy (non-hydrogen) atoms. The second-order valence-electron chi connectivity index (χ2n) is 6.17. The van der Waals surface area contributed by atoms with Crippen LogP contribution in [0.25, 0.3) is 0 Å². The second-order valence-corrected chi connectivity index (χ2v) is 6.17. The van der Waals surface area contributed by atoms with Crippen LogP contribution in [0.2, 0.25) is 0 Å². The van der Waals surface area contributed by atoms with Gasteiger partial charge in [0.25, 0.3) is 0 Å². The summed E-state index contributed by atoms with van der Waals surface area (Å²) in [4.78, 5) is 12.0. The van der Waals surface area contributed by atoms with E-state index in [2.05, 4.69) is 10.6 Å². The molecule has 1 saturated heterocycles. The molecule has 132 valence electrons. The molecule has 1 fully saturated rings. The van der Waals surface area contributed by atoms with Crippen LogP contribution in [-0.4, -0.2) is 25.6 Å². The summed E-state index contributed by atoms with van der Waals surface area (Å²) in [6, 6.07) is 15.6. The maximum atomic E-state index is 12.0. The summed E-state index contributed by atoms with van der Waals surface area (Å²) in [7, 11) is 1.62. The third kappa shape index (κ3) is 4.97. The maximum absolute atomic E-state index is 12.0. The molecule has 0 bridgehead atoms. The summed E-state index contributed by atoms with van der Waals surface area (Å²) in [6.07, 6.45) is 2.79. The summed E-state index contributed by atoms with van der Waals surface area (Å²) in [6.45, 7) is 1.55. The van der Waals surface area contributed by atoms with E-state index in [1.165, 1.54) is 0 Å². The SMILES string of the molecule is COc1ccccc1Oc1ccc(CNC(=O)CC2CCCN2)cc1. The summed E-state index contributed by atoms with van der Waals surface area (Å²) >= 11 is 0. The van der Waals surface area contributed by atoms with Crippen molar-refractivity contribution in [3.63, 3.8) is 0 Å². The molecule has 1 amide bonds. The number of nitrogens with one attached hydrogen (secondary N) is 2. The van der Waals surface area contributed by atoms with E-state index >= 15 is 0 Å². The summed E-state index contributed by atoms with van der Waals surface area (Å²) in [5, 5.41) is 6.31. The van der Waals surface area contributed by atoms with Crippen LogP contribution >= 0.6 is 0 Å². The lowest BCUT2D eigenvalue weighted by atomic mass is 10.1. The molecule has 0 aromatic heterocycles. The molecule has 2 aromatic rings. The summed E-state index contributed by atoms with van der Waals surface area (Å²) < 4.78 is 11.1. The van der Waals surface area contributed by atoms with Crippen LogP contribution in [0.3, 0.4) is 0 Å². The Morgan fingerprint density at radius 2 is 1.92 bits per heavy atom. The number of carbonyl (C=O) groups excluding carboxylic acids is 1. The zero-order valence-corrected chi connectivity index (χ0v) is 14.5. The largest absolute Gasteiger partial charge is 0.493 e. The fourth-order valence-electron chi connectivity index (χ4n) is 2.93. The van der Waals surface area contributed by atoms with Crippen molar-refractivity contribution in [2.24, 2.45) is 0 Å². The first-order chi connectivity index (χ1) is 12.2. The van der Waals surface area contributed by atoms with Crippen LogP contribution in [0.4, 0.5) is 0 Å². The maximum Gasteiger partial charge on any atom is 0.221 e. The van der Waals surface area contributed by atoms with E-state index in [1.807, 2.05) is 48.5 Å². The lowest BCUT2D eigenvalue weighted by Gasteiger charge is -2.12. The van der Waals surface area contributed by atoms with Crippen molar-refractivity contribution >= 4 is 5.91 Å². The second kappa shape index (κ2) is 8.53. The minimum Gasteiger partial charge on any atom is -0.493 e. The zero-order chi connectivity index (χ0) is 17.5. The minimum atomic E-state index is 0.0914. The third-order valence-corrected chi connectivity index (χ3v) is 4.30. The molecule has 5 heteroatoms. The lowest BCUT2D eigenvalue weighted by Crippen LogP contribution is -2.31. The van der Waals surface area contributed by atoms with Gasteiger partial charge in [-0.25, -0.2) is 0 Å². The minimum absolute atomic E-state index is 0.0914. The predicted molar refractivity (Wildman–Crippen MR) is 97.0 cm³/mol. The number of hydrogen-bond acceptors (Lipinski definition) is 4. The normalized spacial score (nSPS) is 16.4. The van der Waals surface area contributed by atoms with Gasteiger partial charge in [-0.2, -0.15) is 0 Å². The third-order valence-electron chi connectivity index (χ3n) is 4.30. The highest BCUT2D eigenvalue weighted by atomic mass is 16.5. The first-order valence-electron chi connectivity index (χ1n) is 8.64. The van der Waals surface area contributed by atoms with Crippen molar-refractivity contribution in [1.29, 1.82) is 0 Å². The number of para-hydroxylation sites is 2. The van der Waals surface area contributed by atoms with E-state index < -0.39 is 0 Å². The smallest absolute Gasteiger partial charge is 0.221 e. The monoisotopic (exact) mass is 340 g/mol. The van der Waals surface area contributed by atoms with E-state index in [0.29, 0.717) is 30.5 Å². The van der Waals surface area contributed by atoms with Gasteiger partial charge in [0.1, 0.15) is 5.75 Å². The summed E-state index contributed by atoms with van der Waals surface area (Å²) in [5.74, 6) is 2.19. The molecule has 0 saturated carbocycles. The molecule has 1 aliphatic rings. The number of carbonyl (C=O) groups is 1. The topological polar surface area (TPSA) is 59.6 Å². The van der Waals surface area contributed by atoms with Gasteiger partial charge in [0.2, 0.25) is 5.91 Å². The van der Waals surface area contributed by atoms with Crippen LogP contribution in [-0.2, 0) is 11.3 Å². The van der Waals surface area contributed by atoms with Gasteiger partial charge in [0, 0.05) is 19.0 Å². The fraction of sp³-hybridized carbons (Fsp3) is 0.350. The predicted octanol–water partition coefficient (Wildman–Crippen LogP) is 3.25. The number of hydrogen-bond donors (Lipinski definition) is 2. The number of benzene rings is 2. The van der Waals surface area contributed by atoms with Crippen molar-refractivity contribution in [1.82, 2.24) is 10.6 Å². The van der Waals surface area contributed by atoms with Gasteiger partial charge in [-0.05, 0) is 49.2 Å². The van der Waals surface area contributed by atoms with Crippen molar-refractivity contribution in [2.45, 2.75) is 31.8 Å². The van der Waals surface area contributed by atoms with Gasteiger partial charge in [-0.15, -0.1) is 0 Å². The highest BCUT2D eigenvalue weighted by Crippen LogP contribution is 2.30. The molecule has 1 unspecified atom stereocenters. The molecular weight excluding hydrogens is 316 g/mol. The van der Waals surface area contributed by atoms with Gasteiger partial charge >= 0.3 is 0 Å². The molecule has 0 aliphatic carbocycles. The molecule has 1 heterocycles. The van der Waals surface area contributed by atoms with Crippen LogP contribution < -0.4 is 20.1 Å². The number of amides is 1. The van der Waals surface area contributed by atoms with Gasteiger partial charge in [0.15, 0.2) is 11.5 Å². The van der Waals surface area contributed by atoms with E-state index in [9.17, 15) is 4.79 Å². The number of methoxy groups -OCH3 is 1. The van der Waals surface area contributed by atoms with Crippen molar-refractivity contribution < 1.29 is 14.3 Å². The Kier molecular flexibility index (Phi) is 5.90. The van der Waals surface area contributed by atoms with Crippen molar-refractivity contribution in [3.8, 4) is 17.2 Å². The Hall–Kier alpha value is -2.53. The van der Waals surface area contributed by atoms with E-state index in [-0.39, 0.29) is 5.91 Å². The fourth-order valence-corrected chi connectivity index (χ4v) is 2.93. The van der Waals surface area contributed by atoms with Gasteiger partial charge in [-0.1, -0.05) is 24.3 Å². The Labute approximate surface area is 148 Å². The first-order valence-corrected chi connectivity index (χ1v) is 8.64. The first kappa shape index (κ1) is 17.3. The van der Waals surface area contributed by atoms with Crippen LogP contribution in [0.5, 0.6) is 17.2 Å². The molecule has 1 aliphatic heterocycles. The van der Waals surface area contributed by atoms with Crippen molar-refractivity contribution in [2.75, 3.05) is 13.7 Å². The molecule has 0 radical (unpaired) electrons. The quantitative estimate of drug-likeness (QED) is 0.812. The van der Waals surface area contributed by atoms with Gasteiger partial charge in [0.05, 0.1) is 7.11 Å². The van der Waals surface area contributed by atoms with Crippen LogP contribution in [0.15, 0.2) is 48.5 Å². The number of ether oxygens (including phenoxy) is 2. The average Bonchev–Trinajstić information content (AvgIpc) is 3.14. The van der Waals surface area contributed by atoms with E-state index in [0.717, 1.165) is 30.7 Å². The molecule has 2 N–H and O–H groups in total. The molecular formula is C20H24N2O3. The standard InChI is InChI=1S/C20H24N2O3/c1-24-18-6-2-3-7-19(18)25-17-10-8-15(9-11-17)14-22-20(23)13-16-5-4-12-21-16/h2-3,6-11,16,21H,4-5,12-14H2,1H3,(H,22,23). The average molecular weight is 340 g/mol. The van der Waals surface area contributed by atoms with Crippen molar-refractivity contribution in [3.05, 3.63) is 54.1 Å². The van der Waals surface area contributed by atoms with Crippen LogP contribution in [0.1, 0.15) is 24.8 Å². The Bertz CT molecular complexity index is 694. The Morgan fingerprint density at radius 1 is 1.16 bits per heavy atom. The lowest BCUT2D eigenvalue weighted by molar-refractivity contribution is -0.121. The highest BCUT2D eigenvalue weighted by molar-refractivity contribution is 5.76. The van der Waals surface area contributed by atoms with Gasteiger partial charge in [-0.3, -0.25) is 4.79 Å². The summed E-state index contributed by atoms with van der Waals surface area (Å²) in [5.41, 5.74) is 1.04. The zero-order valence-electron chi connectivity index (χ0n) is 14.5. The molecule has 5 nitrogen and oxygen atoms in total. The molecule has 0 spiro atoms. The Balaban J connectivity index is 1.50. The highest BCUT2D eigenvalue weighted by Gasteiger charge is 2.17. The molecule has 2 aromatic carbocycles. The van der Waals surface area contributed by atoms with Crippen LogP contribution in [0, 0.1) is 0 Å². The van der Waals surface area contributed by atoms with E-state index in [4.69, 9.17) is 9.47 Å². The number of rotatable bonds is 7. The molecule has 1 atom stereocenters. The van der Waals surface area contributed by atoms with E-state index in [1.54, 1.807) is 7.11 Å². The van der Waals surface area contributed by atoms with Gasteiger partial charge < -0.3 is 20.1 Å². The Morgan fingerprint density at radius 3 is 2.60 bits per heavy atom.